The van der Waals surface area contributed by atoms with Crippen molar-refractivity contribution in [3.63, 3.8) is 0 Å². The summed E-state index contributed by atoms with van der Waals surface area (Å²) in [5.74, 6) is -0.634. The molecule has 0 aliphatic carbocycles. The Morgan fingerprint density at radius 2 is 1.60 bits per heavy atom. The van der Waals surface area contributed by atoms with Crippen LogP contribution in [0.15, 0.2) is 78.9 Å². The van der Waals surface area contributed by atoms with Crippen LogP contribution in [0.4, 0.5) is 14.9 Å². The van der Waals surface area contributed by atoms with Crippen LogP contribution in [-0.2, 0) is 27.3 Å². The van der Waals surface area contributed by atoms with Gasteiger partial charge in [-0.3, -0.25) is 0 Å². The molecule has 1 atom stereocenters. The fourth-order valence-electron chi connectivity index (χ4n) is 3.94. The van der Waals surface area contributed by atoms with Gasteiger partial charge in [0.25, 0.3) is 0 Å². The lowest BCUT2D eigenvalue weighted by Gasteiger charge is -2.23. The average Bonchev–Trinajstić information content (AvgIpc) is 2.96. The molecule has 0 spiro atoms. The summed E-state index contributed by atoms with van der Waals surface area (Å²) in [4.78, 5) is 26.0. The lowest BCUT2D eigenvalue weighted by atomic mass is 10.1. The Hall–Kier alpha value is -3.95. The third-order valence-corrected chi connectivity index (χ3v) is 6.08. The molecule has 2 amide bonds. The molecule has 1 unspecified atom stereocenters. The standard InChI is InChI=1S/C31H37FN2O6/c1-2-39-29(30(35)36)22-24-12-16-28(17-13-24)40-21-19-34(31(37)33-27-8-4-3-5-9-27)18-6-7-20-38-23-25-10-14-26(32)15-11-25/h3-5,8-17,29H,2,6-7,18-23H2,1H3,(H,33,37)(H,35,36). The molecule has 0 radical (unpaired) electrons. The molecule has 0 bridgehead atoms. The first-order valence-corrected chi connectivity index (χ1v) is 13.4. The Kier molecular flexibility index (Phi) is 12.9. The normalized spacial score (nSPS) is 11.6. The molecule has 0 saturated carbocycles. The summed E-state index contributed by atoms with van der Waals surface area (Å²) in [6.45, 7) is 4.22. The molecule has 0 aliphatic rings. The Morgan fingerprint density at radius 3 is 2.27 bits per heavy atom. The lowest BCUT2D eigenvalue weighted by Crippen LogP contribution is -2.38. The second-order valence-electron chi connectivity index (χ2n) is 9.15. The maximum absolute atomic E-state index is 13.0. The van der Waals surface area contributed by atoms with E-state index in [0.717, 1.165) is 24.0 Å². The molecule has 0 saturated heterocycles. The fraction of sp³-hybridized carbons (Fsp3) is 0.355. The lowest BCUT2D eigenvalue weighted by molar-refractivity contribution is -0.149. The van der Waals surface area contributed by atoms with E-state index in [1.165, 1.54) is 12.1 Å². The van der Waals surface area contributed by atoms with Gasteiger partial charge >= 0.3 is 12.0 Å². The van der Waals surface area contributed by atoms with E-state index in [1.807, 2.05) is 42.5 Å². The maximum Gasteiger partial charge on any atom is 0.333 e. The monoisotopic (exact) mass is 552 g/mol. The number of halogens is 1. The van der Waals surface area contributed by atoms with Crippen molar-refractivity contribution in [2.75, 3.05) is 38.2 Å². The predicted octanol–water partition coefficient (Wildman–Crippen LogP) is 5.77. The average molecular weight is 553 g/mol. The largest absolute Gasteiger partial charge is 0.492 e. The Balaban J connectivity index is 1.46. The van der Waals surface area contributed by atoms with Gasteiger partial charge in [0.05, 0.1) is 13.2 Å². The molecule has 2 N–H and O–H groups in total. The summed E-state index contributed by atoms with van der Waals surface area (Å²) in [6, 6.07) is 22.5. The van der Waals surface area contributed by atoms with Crippen molar-refractivity contribution in [2.24, 2.45) is 0 Å². The smallest absolute Gasteiger partial charge is 0.333 e. The minimum atomic E-state index is -0.990. The number of anilines is 1. The fourth-order valence-corrected chi connectivity index (χ4v) is 3.94. The van der Waals surface area contributed by atoms with Gasteiger partial charge in [-0.2, -0.15) is 0 Å². The van der Waals surface area contributed by atoms with Crippen LogP contribution in [0.25, 0.3) is 0 Å². The molecular formula is C31H37FN2O6. The van der Waals surface area contributed by atoms with Crippen molar-refractivity contribution >= 4 is 17.7 Å². The van der Waals surface area contributed by atoms with Gasteiger partial charge in [0, 0.05) is 31.9 Å². The van der Waals surface area contributed by atoms with E-state index < -0.39 is 12.1 Å². The Morgan fingerprint density at radius 1 is 0.900 bits per heavy atom. The van der Waals surface area contributed by atoms with E-state index in [9.17, 15) is 19.1 Å². The molecule has 8 nitrogen and oxygen atoms in total. The van der Waals surface area contributed by atoms with E-state index in [4.69, 9.17) is 14.2 Å². The number of carboxylic acids is 1. The van der Waals surface area contributed by atoms with E-state index in [0.29, 0.717) is 51.0 Å². The van der Waals surface area contributed by atoms with Crippen LogP contribution in [0.5, 0.6) is 5.75 Å². The number of nitrogens with one attached hydrogen (secondary N) is 1. The third-order valence-electron chi connectivity index (χ3n) is 6.08. The Bertz CT molecular complexity index is 1160. The number of carbonyl (C=O) groups is 2. The maximum atomic E-state index is 13.0. The summed E-state index contributed by atoms with van der Waals surface area (Å²) in [6.07, 6.45) is 0.884. The molecule has 3 aromatic rings. The number of carbonyl (C=O) groups excluding carboxylic acids is 1. The third kappa shape index (κ3) is 11.0. The second kappa shape index (κ2) is 16.9. The number of benzene rings is 3. The number of hydrogen-bond donors (Lipinski definition) is 2. The van der Waals surface area contributed by atoms with E-state index in [-0.39, 0.29) is 18.3 Å². The van der Waals surface area contributed by atoms with Crippen LogP contribution in [-0.4, -0.2) is 61.0 Å². The summed E-state index contributed by atoms with van der Waals surface area (Å²) in [7, 11) is 0. The summed E-state index contributed by atoms with van der Waals surface area (Å²) >= 11 is 0. The first-order valence-electron chi connectivity index (χ1n) is 13.4. The van der Waals surface area contributed by atoms with Crippen molar-refractivity contribution in [1.29, 1.82) is 0 Å². The van der Waals surface area contributed by atoms with Gasteiger partial charge in [-0.05, 0) is 67.3 Å². The number of amides is 2. The van der Waals surface area contributed by atoms with Gasteiger partial charge in [0.1, 0.15) is 18.2 Å². The molecule has 3 aromatic carbocycles. The number of ether oxygens (including phenoxy) is 3. The van der Waals surface area contributed by atoms with Crippen molar-refractivity contribution < 1.29 is 33.3 Å². The summed E-state index contributed by atoms with van der Waals surface area (Å²) in [5, 5.41) is 12.2. The van der Waals surface area contributed by atoms with Crippen LogP contribution in [0, 0.1) is 5.82 Å². The summed E-state index contributed by atoms with van der Waals surface area (Å²) < 4.78 is 29.9. The number of carboxylic acid groups (broad SMARTS) is 1. The van der Waals surface area contributed by atoms with Crippen LogP contribution < -0.4 is 10.1 Å². The number of urea groups is 1. The van der Waals surface area contributed by atoms with Crippen molar-refractivity contribution in [3.05, 3.63) is 95.8 Å². The van der Waals surface area contributed by atoms with Crippen molar-refractivity contribution in [2.45, 2.75) is 38.9 Å². The number of aliphatic carboxylic acids is 1. The number of unbranched alkanes of at least 4 members (excludes halogenated alkanes) is 1. The van der Waals surface area contributed by atoms with Gasteiger partial charge in [-0.25, -0.2) is 14.0 Å². The highest BCUT2D eigenvalue weighted by molar-refractivity contribution is 5.89. The van der Waals surface area contributed by atoms with Crippen molar-refractivity contribution in [3.8, 4) is 5.75 Å². The minimum absolute atomic E-state index is 0.215. The molecule has 0 fully saturated rings. The van der Waals surface area contributed by atoms with Gasteiger partial charge in [-0.1, -0.05) is 42.5 Å². The number of para-hydroxylation sites is 1. The van der Waals surface area contributed by atoms with Crippen LogP contribution >= 0.6 is 0 Å². The molecule has 0 heterocycles. The molecule has 9 heteroatoms. The quantitative estimate of drug-likeness (QED) is 0.207. The summed E-state index contributed by atoms with van der Waals surface area (Å²) in [5.41, 5.74) is 2.45. The molecule has 0 aromatic heterocycles. The van der Waals surface area contributed by atoms with Crippen LogP contribution in [0.3, 0.4) is 0 Å². The highest BCUT2D eigenvalue weighted by Crippen LogP contribution is 2.15. The molecule has 40 heavy (non-hydrogen) atoms. The zero-order valence-corrected chi connectivity index (χ0v) is 22.8. The first-order chi connectivity index (χ1) is 19.4. The van der Waals surface area contributed by atoms with Gasteiger partial charge in [-0.15, -0.1) is 0 Å². The topological polar surface area (TPSA) is 97.3 Å². The SMILES string of the molecule is CCOC(Cc1ccc(OCCN(CCCCOCc2ccc(F)cc2)C(=O)Nc2ccccc2)cc1)C(=O)O. The molecule has 214 valence electrons. The van der Waals surface area contributed by atoms with Crippen LogP contribution in [0.2, 0.25) is 0 Å². The van der Waals surface area contributed by atoms with E-state index in [2.05, 4.69) is 5.32 Å². The minimum Gasteiger partial charge on any atom is -0.492 e. The molecule has 0 aliphatic heterocycles. The highest BCUT2D eigenvalue weighted by Gasteiger charge is 2.18. The first kappa shape index (κ1) is 30.6. The molecular weight excluding hydrogens is 515 g/mol. The highest BCUT2D eigenvalue weighted by atomic mass is 19.1. The Labute approximate surface area is 234 Å². The second-order valence-corrected chi connectivity index (χ2v) is 9.15. The van der Waals surface area contributed by atoms with Gasteiger partial charge < -0.3 is 29.5 Å². The number of hydrogen-bond acceptors (Lipinski definition) is 5. The van der Waals surface area contributed by atoms with E-state index in [1.54, 1.807) is 36.1 Å². The number of nitrogens with zero attached hydrogens (tertiary/aromatic N) is 1. The number of rotatable bonds is 17. The zero-order valence-electron chi connectivity index (χ0n) is 22.8. The van der Waals surface area contributed by atoms with Crippen molar-refractivity contribution in [1.82, 2.24) is 4.90 Å². The zero-order chi connectivity index (χ0) is 28.6. The van der Waals surface area contributed by atoms with E-state index >= 15 is 0 Å². The van der Waals surface area contributed by atoms with Gasteiger partial charge in [0.2, 0.25) is 0 Å². The predicted molar refractivity (Wildman–Crippen MR) is 151 cm³/mol. The van der Waals surface area contributed by atoms with Crippen LogP contribution in [0.1, 0.15) is 30.9 Å². The van der Waals surface area contributed by atoms with Gasteiger partial charge in [0.15, 0.2) is 6.10 Å². The molecule has 3 rings (SSSR count).